The molecule has 98 valence electrons. The highest BCUT2D eigenvalue weighted by Crippen LogP contribution is 2.30. The smallest absolute Gasteiger partial charge is 0.345 e. The van der Waals surface area contributed by atoms with Gasteiger partial charge in [0.15, 0.2) is 0 Å². The molecule has 0 N–H and O–H groups in total. The monoisotopic (exact) mass is 273 g/mol. The Morgan fingerprint density at radius 1 is 1.50 bits per heavy atom. The average molecular weight is 274 g/mol. The van der Waals surface area contributed by atoms with Crippen LogP contribution < -0.4 is 4.74 Å². The van der Waals surface area contributed by atoms with Crippen LogP contribution in [-0.4, -0.2) is 24.6 Å². The molecule has 0 spiro atoms. The number of esters is 1. The van der Waals surface area contributed by atoms with Crippen molar-refractivity contribution in [2.45, 2.75) is 12.8 Å². The molecule has 0 saturated carbocycles. The molecule has 0 fully saturated rings. The van der Waals surface area contributed by atoms with E-state index in [1.54, 1.807) is 6.92 Å². The fourth-order valence-corrected chi connectivity index (χ4v) is 1.64. The number of alkyl halides is 1. The molecule has 0 heterocycles. The second-order valence-corrected chi connectivity index (χ2v) is 3.56. The van der Waals surface area contributed by atoms with E-state index in [0.717, 1.165) is 0 Å². The van der Waals surface area contributed by atoms with Gasteiger partial charge in [0.1, 0.15) is 11.3 Å². The van der Waals surface area contributed by atoms with E-state index in [9.17, 15) is 14.9 Å². The largest absolute Gasteiger partial charge is 0.496 e. The number of carbonyl (C=O) groups excluding carboxylic acids is 1. The Hall–Kier alpha value is -1.82. The van der Waals surface area contributed by atoms with Crippen molar-refractivity contribution in [2.24, 2.45) is 0 Å². The van der Waals surface area contributed by atoms with Crippen molar-refractivity contribution in [3.8, 4) is 5.75 Å². The number of rotatable bonds is 5. The van der Waals surface area contributed by atoms with Gasteiger partial charge in [-0.15, -0.1) is 11.6 Å². The van der Waals surface area contributed by atoms with Crippen molar-refractivity contribution in [2.75, 3.05) is 13.7 Å². The van der Waals surface area contributed by atoms with E-state index in [2.05, 4.69) is 0 Å². The van der Waals surface area contributed by atoms with Gasteiger partial charge in [-0.1, -0.05) is 0 Å². The second kappa shape index (κ2) is 6.20. The summed E-state index contributed by atoms with van der Waals surface area (Å²) in [6.45, 7) is 1.76. The number of hydrogen-bond donors (Lipinski definition) is 0. The molecule has 6 nitrogen and oxygen atoms in total. The Balaban J connectivity index is 3.37. The van der Waals surface area contributed by atoms with Gasteiger partial charge in [0, 0.05) is 5.56 Å². The summed E-state index contributed by atoms with van der Waals surface area (Å²) in [5.74, 6) is -0.406. The Kier molecular flexibility index (Phi) is 4.91. The summed E-state index contributed by atoms with van der Waals surface area (Å²) < 4.78 is 9.75. The van der Waals surface area contributed by atoms with Crippen LogP contribution in [0.4, 0.5) is 5.69 Å². The zero-order valence-electron chi connectivity index (χ0n) is 9.94. The minimum absolute atomic E-state index is 0.0770. The summed E-state index contributed by atoms with van der Waals surface area (Å²) in [6.07, 6.45) is 0. The molecule has 0 radical (unpaired) electrons. The first-order valence-electron chi connectivity index (χ1n) is 5.13. The van der Waals surface area contributed by atoms with Gasteiger partial charge in [-0.2, -0.15) is 0 Å². The predicted molar refractivity (Wildman–Crippen MR) is 65.2 cm³/mol. The molecule has 7 heteroatoms. The van der Waals surface area contributed by atoms with Crippen molar-refractivity contribution in [1.29, 1.82) is 0 Å². The first kappa shape index (κ1) is 14.2. The van der Waals surface area contributed by atoms with Crippen molar-refractivity contribution in [1.82, 2.24) is 0 Å². The zero-order chi connectivity index (χ0) is 13.7. The second-order valence-electron chi connectivity index (χ2n) is 3.29. The van der Waals surface area contributed by atoms with Crippen LogP contribution >= 0.6 is 11.6 Å². The molecule has 0 atom stereocenters. The number of hydrogen-bond acceptors (Lipinski definition) is 5. The molecule has 0 bridgehead atoms. The van der Waals surface area contributed by atoms with Gasteiger partial charge in [-0.05, 0) is 13.0 Å². The quantitative estimate of drug-likeness (QED) is 0.356. The lowest BCUT2D eigenvalue weighted by atomic mass is 10.1. The first-order valence-corrected chi connectivity index (χ1v) is 5.67. The summed E-state index contributed by atoms with van der Waals surface area (Å²) in [6, 6.07) is 2.49. The Morgan fingerprint density at radius 3 is 2.61 bits per heavy atom. The Morgan fingerprint density at radius 2 is 2.17 bits per heavy atom. The van der Waals surface area contributed by atoms with Crippen LogP contribution in [0.5, 0.6) is 5.75 Å². The van der Waals surface area contributed by atoms with Crippen LogP contribution in [-0.2, 0) is 10.6 Å². The van der Waals surface area contributed by atoms with Gasteiger partial charge in [0.05, 0.1) is 30.6 Å². The summed E-state index contributed by atoms with van der Waals surface area (Å²) in [5.41, 5.74) is 0.00489. The lowest BCUT2D eigenvalue weighted by molar-refractivity contribution is -0.385. The van der Waals surface area contributed by atoms with E-state index >= 15 is 0 Å². The highest BCUT2D eigenvalue weighted by molar-refractivity contribution is 6.17. The Labute approximate surface area is 109 Å². The molecule has 1 rings (SSSR count). The van der Waals surface area contributed by atoms with E-state index in [4.69, 9.17) is 21.1 Å². The molecule has 1 aromatic rings. The fourth-order valence-electron chi connectivity index (χ4n) is 1.43. The van der Waals surface area contributed by atoms with E-state index in [1.807, 2.05) is 0 Å². The predicted octanol–water partition coefficient (Wildman–Crippen LogP) is 2.52. The highest BCUT2D eigenvalue weighted by Gasteiger charge is 2.24. The average Bonchev–Trinajstić information content (AvgIpc) is 2.37. The SMILES string of the molecule is CCOC(=O)c1cc(CCl)c(OC)cc1[N+](=O)[O-]. The first-order chi connectivity index (χ1) is 8.54. The van der Waals surface area contributed by atoms with Gasteiger partial charge in [0.2, 0.25) is 0 Å². The van der Waals surface area contributed by atoms with Gasteiger partial charge in [0.25, 0.3) is 5.69 Å². The van der Waals surface area contributed by atoms with E-state index in [0.29, 0.717) is 5.56 Å². The third-order valence-corrected chi connectivity index (χ3v) is 2.52. The third-order valence-electron chi connectivity index (χ3n) is 2.23. The summed E-state index contributed by atoms with van der Waals surface area (Å²) in [5, 5.41) is 10.9. The number of ether oxygens (including phenoxy) is 2. The van der Waals surface area contributed by atoms with E-state index in [1.165, 1.54) is 19.2 Å². The van der Waals surface area contributed by atoms with E-state index < -0.39 is 10.9 Å². The van der Waals surface area contributed by atoms with Crippen LogP contribution in [0.3, 0.4) is 0 Å². The van der Waals surface area contributed by atoms with E-state index in [-0.39, 0.29) is 29.5 Å². The number of benzene rings is 1. The maximum absolute atomic E-state index is 11.6. The third kappa shape index (κ3) is 2.89. The summed E-state index contributed by atoms with van der Waals surface area (Å²) in [4.78, 5) is 21.9. The van der Waals surface area contributed by atoms with Crippen LogP contribution in [0.15, 0.2) is 12.1 Å². The molecule has 1 aromatic carbocycles. The van der Waals surface area contributed by atoms with Crippen molar-refractivity contribution in [3.05, 3.63) is 33.4 Å². The number of nitro benzene ring substituents is 1. The molecule has 0 amide bonds. The van der Waals surface area contributed by atoms with Crippen molar-refractivity contribution >= 4 is 23.3 Å². The van der Waals surface area contributed by atoms with Gasteiger partial charge in [-0.3, -0.25) is 10.1 Å². The van der Waals surface area contributed by atoms with Gasteiger partial charge in [-0.25, -0.2) is 4.79 Å². The zero-order valence-corrected chi connectivity index (χ0v) is 10.7. The van der Waals surface area contributed by atoms with Crippen LogP contribution in [0, 0.1) is 10.1 Å². The molecule has 0 aliphatic heterocycles. The Bertz CT molecular complexity index is 475. The lowest BCUT2D eigenvalue weighted by Crippen LogP contribution is -2.09. The lowest BCUT2D eigenvalue weighted by Gasteiger charge is -2.09. The van der Waals surface area contributed by atoms with Crippen LogP contribution in [0.25, 0.3) is 0 Å². The molecule has 0 aromatic heterocycles. The molecule has 0 aliphatic rings. The summed E-state index contributed by atoms with van der Waals surface area (Å²) >= 11 is 5.69. The molecule has 0 saturated heterocycles. The normalized spacial score (nSPS) is 9.94. The molecule has 18 heavy (non-hydrogen) atoms. The highest BCUT2D eigenvalue weighted by atomic mass is 35.5. The number of halogens is 1. The van der Waals surface area contributed by atoms with Crippen LogP contribution in [0.2, 0.25) is 0 Å². The fraction of sp³-hybridized carbons (Fsp3) is 0.364. The molecule has 0 unspecified atom stereocenters. The van der Waals surface area contributed by atoms with Crippen LogP contribution in [0.1, 0.15) is 22.8 Å². The number of nitrogens with zero attached hydrogens (tertiary/aromatic N) is 1. The van der Waals surface area contributed by atoms with Crippen molar-refractivity contribution in [3.63, 3.8) is 0 Å². The molecular formula is C11H12ClNO5. The minimum Gasteiger partial charge on any atom is -0.496 e. The maximum atomic E-state index is 11.6. The summed E-state index contributed by atoms with van der Waals surface area (Å²) in [7, 11) is 1.37. The van der Waals surface area contributed by atoms with Gasteiger partial charge < -0.3 is 9.47 Å². The van der Waals surface area contributed by atoms with Crippen molar-refractivity contribution < 1.29 is 19.2 Å². The number of nitro groups is 1. The maximum Gasteiger partial charge on any atom is 0.345 e. The standard InChI is InChI=1S/C11H12ClNO5/c1-3-18-11(14)8-4-7(6-12)10(17-2)5-9(8)13(15)16/h4-5H,3,6H2,1-2H3. The molecule has 0 aliphatic carbocycles. The minimum atomic E-state index is -0.752. The number of methoxy groups -OCH3 is 1. The van der Waals surface area contributed by atoms with Gasteiger partial charge >= 0.3 is 5.97 Å². The molecular weight excluding hydrogens is 262 g/mol. The number of carbonyl (C=O) groups is 1. The topological polar surface area (TPSA) is 78.7 Å².